The summed E-state index contributed by atoms with van der Waals surface area (Å²) in [5, 5.41) is 0. The Kier molecular flexibility index (Phi) is 4.91. The van der Waals surface area contributed by atoms with E-state index in [9.17, 15) is 4.39 Å². The molecule has 0 aliphatic rings. The molecule has 2 nitrogen and oxygen atoms in total. The van der Waals surface area contributed by atoms with Crippen molar-refractivity contribution in [1.82, 2.24) is 5.43 Å². The Morgan fingerprint density at radius 2 is 1.95 bits per heavy atom. The minimum atomic E-state index is -0.257. The molecule has 0 heterocycles. The first-order valence-corrected chi connectivity index (χ1v) is 7.27. The van der Waals surface area contributed by atoms with Crippen LogP contribution in [0.3, 0.4) is 0 Å². The highest BCUT2D eigenvalue weighted by Crippen LogP contribution is 2.25. The number of halogens is 2. The Bertz CT molecular complexity index is 613. The highest BCUT2D eigenvalue weighted by molar-refractivity contribution is 9.10. The van der Waals surface area contributed by atoms with Gasteiger partial charge in [-0.2, -0.15) is 0 Å². The van der Waals surface area contributed by atoms with Gasteiger partial charge in [0, 0.05) is 10.0 Å². The Morgan fingerprint density at radius 3 is 2.60 bits per heavy atom. The Morgan fingerprint density at radius 1 is 1.20 bits per heavy atom. The third-order valence-electron chi connectivity index (χ3n) is 3.47. The summed E-state index contributed by atoms with van der Waals surface area (Å²) >= 11 is 3.26. The second kappa shape index (κ2) is 6.48. The molecule has 0 spiro atoms. The van der Waals surface area contributed by atoms with Gasteiger partial charge in [0.25, 0.3) is 0 Å². The van der Waals surface area contributed by atoms with Crippen LogP contribution in [0.1, 0.15) is 28.3 Å². The summed E-state index contributed by atoms with van der Waals surface area (Å²) in [4.78, 5) is 0. The van der Waals surface area contributed by atoms with Crippen LogP contribution < -0.4 is 11.3 Å². The van der Waals surface area contributed by atoms with Crippen LogP contribution in [-0.4, -0.2) is 0 Å². The van der Waals surface area contributed by atoms with Crippen molar-refractivity contribution < 1.29 is 4.39 Å². The van der Waals surface area contributed by atoms with Crippen LogP contribution in [0.25, 0.3) is 0 Å². The third-order valence-corrected chi connectivity index (χ3v) is 3.96. The molecule has 0 radical (unpaired) electrons. The summed E-state index contributed by atoms with van der Waals surface area (Å²) in [7, 11) is 0. The molecule has 0 aliphatic heterocycles. The van der Waals surface area contributed by atoms with Gasteiger partial charge in [-0.15, -0.1) is 0 Å². The normalized spacial score (nSPS) is 12.4. The van der Waals surface area contributed by atoms with Crippen molar-refractivity contribution in [2.24, 2.45) is 5.84 Å². The van der Waals surface area contributed by atoms with Crippen LogP contribution in [0.5, 0.6) is 0 Å². The van der Waals surface area contributed by atoms with Gasteiger partial charge in [-0.25, -0.2) is 4.39 Å². The number of hydrogen-bond donors (Lipinski definition) is 2. The number of nitrogens with one attached hydrogen (secondary N) is 1. The van der Waals surface area contributed by atoms with E-state index in [0.717, 1.165) is 4.47 Å². The van der Waals surface area contributed by atoms with E-state index in [-0.39, 0.29) is 11.9 Å². The monoisotopic (exact) mass is 336 g/mol. The van der Waals surface area contributed by atoms with E-state index in [0.29, 0.717) is 12.0 Å². The molecule has 1 unspecified atom stereocenters. The lowest BCUT2D eigenvalue weighted by Gasteiger charge is -2.19. The highest BCUT2D eigenvalue weighted by Gasteiger charge is 2.16. The van der Waals surface area contributed by atoms with Crippen LogP contribution in [0.15, 0.2) is 40.9 Å². The minimum absolute atomic E-state index is 0.247. The predicted octanol–water partition coefficient (Wildman–Crippen LogP) is 3.95. The predicted molar refractivity (Wildman–Crippen MR) is 83.8 cm³/mol. The van der Waals surface area contributed by atoms with Crippen molar-refractivity contribution in [3.8, 4) is 0 Å². The standard InChI is InChI=1S/C16H18BrFN2/c1-10-3-4-11(2)12(7-10)8-16(20-19)14-6-5-13(17)9-15(14)18/h3-7,9,16,20H,8,19H2,1-2H3. The smallest absolute Gasteiger partial charge is 0.129 e. The number of hydrogen-bond acceptors (Lipinski definition) is 2. The van der Waals surface area contributed by atoms with Crippen LogP contribution >= 0.6 is 15.9 Å². The molecule has 1 atom stereocenters. The maximum Gasteiger partial charge on any atom is 0.129 e. The van der Waals surface area contributed by atoms with Crippen LogP contribution in [0, 0.1) is 19.7 Å². The quantitative estimate of drug-likeness (QED) is 0.655. The van der Waals surface area contributed by atoms with Crippen LogP contribution in [0.4, 0.5) is 4.39 Å². The van der Waals surface area contributed by atoms with Crippen LogP contribution in [0.2, 0.25) is 0 Å². The van der Waals surface area contributed by atoms with Gasteiger partial charge in [0.05, 0.1) is 6.04 Å². The average molecular weight is 337 g/mol. The second-order valence-electron chi connectivity index (χ2n) is 5.02. The van der Waals surface area contributed by atoms with E-state index in [1.807, 2.05) is 13.0 Å². The van der Waals surface area contributed by atoms with Crippen molar-refractivity contribution in [3.63, 3.8) is 0 Å². The molecular formula is C16H18BrFN2. The number of hydrazine groups is 1. The molecule has 0 saturated heterocycles. The molecule has 0 fully saturated rings. The molecule has 20 heavy (non-hydrogen) atoms. The van der Waals surface area contributed by atoms with Gasteiger partial charge in [-0.1, -0.05) is 45.8 Å². The average Bonchev–Trinajstić information content (AvgIpc) is 2.40. The van der Waals surface area contributed by atoms with Crippen molar-refractivity contribution >= 4 is 15.9 Å². The molecule has 2 aromatic rings. The van der Waals surface area contributed by atoms with E-state index < -0.39 is 0 Å². The molecule has 0 amide bonds. The zero-order valence-electron chi connectivity index (χ0n) is 11.6. The first kappa shape index (κ1) is 15.2. The van der Waals surface area contributed by atoms with E-state index in [1.54, 1.807) is 6.07 Å². The zero-order chi connectivity index (χ0) is 14.7. The highest BCUT2D eigenvalue weighted by atomic mass is 79.9. The van der Waals surface area contributed by atoms with Crippen molar-refractivity contribution in [1.29, 1.82) is 0 Å². The topological polar surface area (TPSA) is 38.0 Å². The first-order valence-electron chi connectivity index (χ1n) is 6.48. The van der Waals surface area contributed by atoms with Crippen molar-refractivity contribution in [3.05, 3.63) is 68.9 Å². The molecule has 2 aromatic carbocycles. The lowest BCUT2D eigenvalue weighted by atomic mass is 9.95. The first-order chi connectivity index (χ1) is 9.51. The zero-order valence-corrected chi connectivity index (χ0v) is 13.2. The fraction of sp³-hybridized carbons (Fsp3) is 0.250. The van der Waals surface area contributed by atoms with Gasteiger partial charge in [0.2, 0.25) is 0 Å². The molecular weight excluding hydrogens is 319 g/mol. The Balaban J connectivity index is 2.31. The van der Waals surface area contributed by atoms with Crippen LogP contribution in [-0.2, 0) is 6.42 Å². The van der Waals surface area contributed by atoms with E-state index in [1.165, 1.54) is 22.8 Å². The SMILES string of the molecule is Cc1ccc(C)c(CC(NN)c2ccc(Br)cc2F)c1. The fourth-order valence-electron chi connectivity index (χ4n) is 2.28. The van der Waals surface area contributed by atoms with E-state index in [2.05, 4.69) is 46.5 Å². The maximum absolute atomic E-state index is 14.0. The van der Waals surface area contributed by atoms with E-state index >= 15 is 0 Å². The molecule has 3 N–H and O–H groups in total. The lowest BCUT2D eigenvalue weighted by molar-refractivity contribution is 0.509. The van der Waals surface area contributed by atoms with Gasteiger partial charge in [0.15, 0.2) is 0 Å². The summed E-state index contributed by atoms with van der Waals surface area (Å²) < 4.78 is 14.8. The Hall–Kier alpha value is -1.23. The van der Waals surface area contributed by atoms with Gasteiger partial charge in [-0.3, -0.25) is 11.3 Å². The molecule has 0 saturated carbocycles. The van der Waals surface area contributed by atoms with Gasteiger partial charge < -0.3 is 0 Å². The largest absolute Gasteiger partial charge is 0.271 e. The number of benzene rings is 2. The number of rotatable bonds is 4. The second-order valence-corrected chi connectivity index (χ2v) is 5.93. The van der Waals surface area contributed by atoms with Gasteiger partial charge >= 0.3 is 0 Å². The summed E-state index contributed by atoms with van der Waals surface area (Å²) in [5.41, 5.74) is 6.86. The maximum atomic E-state index is 14.0. The fourth-order valence-corrected chi connectivity index (χ4v) is 2.62. The summed E-state index contributed by atoms with van der Waals surface area (Å²) in [6.07, 6.45) is 0.655. The molecule has 106 valence electrons. The van der Waals surface area contributed by atoms with E-state index in [4.69, 9.17) is 5.84 Å². The van der Waals surface area contributed by atoms with Crippen molar-refractivity contribution in [2.75, 3.05) is 0 Å². The summed E-state index contributed by atoms with van der Waals surface area (Å²) in [5.74, 6) is 5.36. The molecule has 2 rings (SSSR count). The molecule has 0 aliphatic carbocycles. The van der Waals surface area contributed by atoms with Crippen molar-refractivity contribution in [2.45, 2.75) is 26.3 Å². The number of aryl methyl sites for hydroxylation is 2. The number of nitrogens with two attached hydrogens (primary N) is 1. The molecule has 0 aromatic heterocycles. The molecule has 4 heteroatoms. The molecule has 0 bridgehead atoms. The lowest BCUT2D eigenvalue weighted by Crippen LogP contribution is -2.30. The van der Waals surface area contributed by atoms with Gasteiger partial charge in [0.1, 0.15) is 5.82 Å². The van der Waals surface area contributed by atoms with Gasteiger partial charge in [-0.05, 0) is 43.5 Å². The Labute approximate surface area is 127 Å². The minimum Gasteiger partial charge on any atom is -0.271 e. The summed E-state index contributed by atoms with van der Waals surface area (Å²) in [6.45, 7) is 4.11. The third kappa shape index (κ3) is 3.45. The summed E-state index contributed by atoms with van der Waals surface area (Å²) in [6, 6.07) is 11.1.